The second-order valence-electron chi connectivity index (χ2n) is 10.4. The van der Waals surface area contributed by atoms with E-state index in [0.29, 0.717) is 5.69 Å². The molecule has 0 saturated carbocycles. The molecule has 8 heteroatoms. The number of hydrogen-bond donors (Lipinski definition) is 1. The van der Waals surface area contributed by atoms with Gasteiger partial charge < -0.3 is 10.1 Å². The molecule has 0 unspecified atom stereocenters. The van der Waals surface area contributed by atoms with Gasteiger partial charge in [-0.15, -0.1) is 0 Å². The number of rotatable bonds is 5. The minimum atomic E-state index is -0.847. The molecule has 1 heterocycles. The highest BCUT2D eigenvalue weighted by Gasteiger charge is 2.62. The summed E-state index contributed by atoms with van der Waals surface area (Å²) in [6, 6.07) is 27.4. The van der Waals surface area contributed by atoms with Crippen LogP contribution in [-0.2, 0) is 19.1 Å². The smallest absolute Gasteiger partial charge is 0.340 e. The van der Waals surface area contributed by atoms with Gasteiger partial charge in [-0.1, -0.05) is 60.7 Å². The largest absolute Gasteiger partial charge is 0.452 e. The van der Waals surface area contributed by atoms with Crippen molar-refractivity contribution in [2.75, 3.05) is 16.8 Å². The van der Waals surface area contributed by atoms with Crippen LogP contribution in [0.2, 0.25) is 0 Å². The molecule has 1 aliphatic heterocycles. The van der Waals surface area contributed by atoms with Gasteiger partial charge >= 0.3 is 5.97 Å². The van der Waals surface area contributed by atoms with Gasteiger partial charge in [0.15, 0.2) is 6.61 Å². The molecular formula is C33H23FN2O5. The standard InChI is InChI=1S/C33H23FN2O5/c34-18-13-15-19(16-14-18)35-26(37)17-41-33(40)24-11-5-6-12-25(24)36-31(38)29-27-20-7-1-2-8-21(20)28(30(29)32(36)39)23-10-4-3-9-22(23)27/h1-16,27-30H,17H2,(H,35,37)/t27?,28?,29-,30-/m1/s1. The fraction of sp³-hybridized carbons (Fsp3) is 0.152. The summed E-state index contributed by atoms with van der Waals surface area (Å²) in [6.07, 6.45) is 0. The van der Waals surface area contributed by atoms with Crippen molar-refractivity contribution >= 4 is 35.1 Å². The number of carbonyl (C=O) groups excluding carboxylic acids is 4. The minimum Gasteiger partial charge on any atom is -0.452 e. The lowest BCUT2D eigenvalue weighted by molar-refractivity contribution is -0.122. The monoisotopic (exact) mass is 546 g/mol. The SMILES string of the molecule is O=C(COC(=O)c1ccccc1N1C(=O)[C@@H]2C3c4ccccc4C(c4ccccc43)[C@H]2C1=O)Nc1ccc(F)cc1. The Bertz CT molecular complexity index is 1640. The Morgan fingerprint density at radius 2 is 1.20 bits per heavy atom. The molecule has 2 bridgehead atoms. The molecule has 202 valence electrons. The second-order valence-corrected chi connectivity index (χ2v) is 10.4. The minimum absolute atomic E-state index is 0.00445. The van der Waals surface area contributed by atoms with Crippen molar-refractivity contribution < 1.29 is 28.3 Å². The van der Waals surface area contributed by atoms with Crippen LogP contribution in [0.25, 0.3) is 0 Å². The van der Waals surface area contributed by atoms with Crippen molar-refractivity contribution in [2.45, 2.75) is 11.8 Å². The van der Waals surface area contributed by atoms with Gasteiger partial charge in [0.2, 0.25) is 11.8 Å². The maximum atomic E-state index is 14.1. The summed E-state index contributed by atoms with van der Waals surface area (Å²) in [5.74, 6) is -4.35. The first-order chi connectivity index (χ1) is 19.9. The first-order valence-corrected chi connectivity index (χ1v) is 13.3. The van der Waals surface area contributed by atoms with E-state index in [9.17, 15) is 23.6 Å². The molecule has 8 rings (SSSR count). The average molecular weight is 547 g/mol. The molecule has 4 aliphatic rings. The summed E-state index contributed by atoms with van der Waals surface area (Å²) >= 11 is 0. The number of hydrogen-bond acceptors (Lipinski definition) is 5. The Morgan fingerprint density at radius 3 is 1.73 bits per heavy atom. The highest BCUT2D eigenvalue weighted by Crippen LogP contribution is 2.61. The summed E-state index contributed by atoms with van der Waals surface area (Å²) < 4.78 is 18.4. The van der Waals surface area contributed by atoms with Gasteiger partial charge in [0.25, 0.3) is 5.91 Å². The number of esters is 1. The third-order valence-corrected chi connectivity index (χ3v) is 8.28. The third-order valence-electron chi connectivity index (χ3n) is 8.28. The lowest BCUT2D eigenvalue weighted by Crippen LogP contribution is -2.41. The Kier molecular flexibility index (Phi) is 5.78. The number of ether oxygens (including phenoxy) is 1. The maximum absolute atomic E-state index is 14.1. The van der Waals surface area contributed by atoms with E-state index in [0.717, 1.165) is 27.2 Å². The molecule has 3 amide bonds. The Morgan fingerprint density at radius 1 is 0.707 bits per heavy atom. The van der Waals surface area contributed by atoms with Crippen molar-refractivity contribution in [1.29, 1.82) is 0 Å². The summed E-state index contributed by atoms with van der Waals surface area (Å²) in [5.41, 5.74) is 4.71. The van der Waals surface area contributed by atoms with Crippen LogP contribution in [0.15, 0.2) is 97.1 Å². The Hall–Kier alpha value is -5.11. The number of benzene rings is 4. The van der Waals surface area contributed by atoms with Gasteiger partial charge in [0.05, 0.1) is 23.1 Å². The molecule has 3 aliphatic carbocycles. The first-order valence-electron chi connectivity index (χ1n) is 13.3. The molecule has 1 fully saturated rings. The van der Waals surface area contributed by atoms with Gasteiger partial charge in [-0.05, 0) is 58.7 Å². The predicted octanol–water partition coefficient (Wildman–Crippen LogP) is 5.02. The molecule has 1 saturated heterocycles. The van der Waals surface area contributed by atoms with Crippen LogP contribution in [0.1, 0.15) is 44.4 Å². The molecule has 0 aromatic heterocycles. The number of nitrogens with one attached hydrogen (secondary N) is 1. The van der Waals surface area contributed by atoms with Gasteiger partial charge in [0.1, 0.15) is 5.82 Å². The van der Waals surface area contributed by atoms with Crippen LogP contribution in [0.3, 0.4) is 0 Å². The first kappa shape index (κ1) is 24.9. The van der Waals surface area contributed by atoms with E-state index in [-0.39, 0.29) is 34.9 Å². The van der Waals surface area contributed by atoms with E-state index in [1.807, 2.05) is 48.5 Å². The lowest BCUT2D eigenvalue weighted by Gasteiger charge is -2.45. The van der Waals surface area contributed by atoms with E-state index in [4.69, 9.17) is 4.74 Å². The maximum Gasteiger partial charge on any atom is 0.340 e. The van der Waals surface area contributed by atoms with Crippen LogP contribution in [-0.4, -0.2) is 30.3 Å². The van der Waals surface area contributed by atoms with E-state index < -0.39 is 36.1 Å². The van der Waals surface area contributed by atoms with Gasteiger partial charge in [-0.25, -0.2) is 14.1 Å². The van der Waals surface area contributed by atoms with E-state index in [1.165, 1.54) is 30.3 Å². The summed E-state index contributed by atoms with van der Waals surface area (Å²) in [5, 5.41) is 2.53. The molecule has 2 atom stereocenters. The zero-order chi connectivity index (χ0) is 28.2. The van der Waals surface area contributed by atoms with Crippen LogP contribution in [0.4, 0.5) is 15.8 Å². The van der Waals surface area contributed by atoms with Gasteiger partial charge in [-0.2, -0.15) is 0 Å². The topological polar surface area (TPSA) is 92.8 Å². The van der Waals surface area contributed by atoms with Crippen molar-refractivity contribution in [3.8, 4) is 0 Å². The quantitative estimate of drug-likeness (QED) is 0.280. The van der Waals surface area contributed by atoms with E-state index in [2.05, 4.69) is 5.32 Å². The summed E-state index contributed by atoms with van der Waals surface area (Å²) in [6.45, 7) is -0.605. The molecule has 1 N–H and O–H groups in total. The Labute approximate surface area is 234 Å². The van der Waals surface area contributed by atoms with Crippen molar-refractivity contribution in [3.63, 3.8) is 0 Å². The number of amides is 3. The number of imide groups is 1. The van der Waals surface area contributed by atoms with E-state index >= 15 is 0 Å². The van der Waals surface area contributed by atoms with Crippen LogP contribution < -0.4 is 10.2 Å². The number of halogens is 1. The van der Waals surface area contributed by atoms with Crippen LogP contribution >= 0.6 is 0 Å². The normalized spacial score (nSPS) is 21.6. The second kappa shape index (κ2) is 9.52. The number of anilines is 2. The summed E-state index contributed by atoms with van der Waals surface area (Å²) in [4.78, 5) is 54.8. The zero-order valence-electron chi connectivity index (χ0n) is 21.6. The number of nitrogens with zero attached hydrogens (tertiary/aromatic N) is 1. The van der Waals surface area contributed by atoms with Gasteiger partial charge in [-0.3, -0.25) is 14.4 Å². The predicted molar refractivity (Wildman–Crippen MR) is 148 cm³/mol. The van der Waals surface area contributed by atoms with Crippen molar-refractivity contribution in [2.24, 2.45) is 11.8 Å². The molecule has 4 aromatic rings. The number of carbonyl (C=O) groups is 4. The average Bonchev–Trinajstić information content (AvgIpc) is 3.27. The zero-order valence-corrected chi connectivity index (χ0v) is 21.6. The highest BCUT2D eigenvalue weighted by molar-refractivity contribution is 6.25. The van der Waals surface area contributed by atoms with Gasteiger partial charge in [0, 0.05) is 17.5 Å². The summed E-state index contributed by atoms with van der Waals surface area (Å²) in [7, 11) is 0. The van der Waals surface area contributed by atoms with Crippen molar-refractivity contribution in [1.82, 2.24) is 0 Å². The molecule has 7 nitrogen and oxygen atoms in total. The molecule has 41 heavy (non-hydrogen) atoms. The van der Waals surface area contributed by atoms with E-state index in [1.54, 1.807) is 18.2 Å². The van der Waals surface area contributed by atoms with Crippen LogP contribution in [0.5, 0.6) is 0 Å². The highest BCUT2D eigenvalue weighted by atomic mass is 19.1. The third kappa shape index (κ3) is 3.86. The van der Waals surface area contributed by atoms with Crippen molar-refractivity contribution in [3.05, 3.63) is 131 Å². The molecular weight excluding hydrogens is 523 g/mol. The molecule has 0 radical (unpaired) electrons. The fourth-order valence-corrected chi connectivity index (χ4v) is 6.70. The Balaban J connectivity index is 1.18. The van der Waals surface area contributed by atoms with Crippen LogP contribution in [0, 0.1) is 17.7 Å². The molecule has 4 aromatic carbocycles. The molecule has 0 spiro atoms. The fourth-order valence-electron chi connectivity index (χ4n) is 6.70. The number of para-hydroxylation sites is 1. The lowest BCUT2D eigenvalue weighted by atomic mass is 9.55.